The minimum absolute atomic E-state index is 0. The first-order valence-corrected chi connectivity index (χ1v) is 5.45. The number of anilines is 1. The molecular formula is C12H18ClN3. The molecule has 0 unspecified atom stereocenters. The predicted molar refractivity (Wildman–Crippen MR) is 71.2 cm³/mol. The first-order chi connectivity index (χ1) is 7.36. The lowest BCUT2D eigenvalue weighted by Crippen LogP contribution is -2.32. The maximum atomic E-state index is 4.43. The van der Waals surface area contributed by atoms with Crippen LogP contribution in [-0.2, 0) is 0 Å². The molecule has 3 nitrogen and oxygen atoms in total. The highest BCUT2D eigenvalue weighted by molar-refractivity contribution is 5.85. The van der Waals surface area contributed by atoms with Gasteiger partial charge in [-0.25, -0.2) is 0 Å². The highest BCUT2D eigenvalue weighted by atomic mass is 35.5. The average Bonchev–Trinajstić information content (AvgIpc) is 2.29. The van der Waals surface area contributed by atoms with Crippen LogP contribution in [0.1, 0.15) is 19.3 Å². The van der Waals surface area contributed by atoms with E-state index in [9.17, 15) is 0 Å². The van der Waals surface area contributed by atoms with Crippen LogP contribution in [0, 0.1) is 0 Å². The van der Waals surface area contributed by atoms with Crippen LogP contribution >= 0.6 is 12.4 Å². The minimum Gasteiger partial charge on any atom is -0.362 e. The van der Waals surface area contributed by atoms with Crippen LogP contribution in [0.15, 0.2) is 35.4 Å². The second-order valence-electron chi connectivity index (χ2n) is 3.88. The standard InChI is InChI=1S/C12H17N3.ClH/c1-15-10-6-5-9-12(15)14-13-11-7-3-2-4-8-11;/h2-4,7-8,13H,5-6,9-10H2,1H3;1H. The topological polar surface area (TPSA) is 27.6 Å². The quantitative estimate of drug-likeness (QED) is 0.804. The Balaban J connectivity index is 0.00000128. The average molecular weight is 240 g/mol. The molecule has 4 heteroatoms. The molecule has 1 fully saturated rings. The number of para-hydroxylation sites is 1. The van der Waals surface area contributed by atoms with Gasteiger partial charge < -0.3 is 4.90 Å². The predicted octanol–water partition coefficient (Wildman–Crippen LogP) is 2.95. The molecule has 1 aromatic rings. The summed E-state index contributed by atoms with van der Waals surface area (Å²) in [6.45, 7) is 1.12. The highest BCUT2D eigenvalue weighted by Crippen LogP contribution is 2.11. The van der Waals surface area contributed by atoms with E-state index in [0.29, 0.717) is 0 Å². The molecule has 0 amide bonds. The van der Waals surface area contributed by atoms with Gasteiger partial charge in [0.1, 0.15) is 5.84 Å². The number of benzene rings is 1. The summed E-state index contributed by atoms with van der Waals surface area (Å²) in [6, 6.07) is 10.1. The molecule has 0 aliphatic carbocycles. The van der Waals surface area contributed by atoms with Crippen molar-refractivity contribution in [2.75, 3.05) is 19.0 Å². The Labute approximate surface area is 103 Å². The van der Waals surface area contributed by atoms with Gasteiger partial charge in [-0.15, -0.1) is 12.4 Å². The van der Waals surface area contributed by atoms with E-state index in [0.717, 1.165) is 24.5 Å². The molecule has 1 saturated heterocycles. The highest BCUT2D eigenvalue weighted by Gasteiger charge is 2.11. The van der Waals surface area contributed by atoms with Crippen LogP contribution in [0.25, 0.3) is 0 Å². The molecule has 2 rings (SSSR count). The summed E-state index contributed by atoms with van der Waals surface area (Å²) in [7, 11) is 2.10. The zero-order chi connectivity index (χ0) is 10.5. The van der Waals surface area contributed by atoms with Crippen molar-refractivity contribution < 1.29 is 0 Å². The largest absolute Gasteiger partial charge is 0.362 e. The number of rotatable bonds is 2. The van der Waals surface area contributed by atoms with Gasteiger partial charge >= 0.3 is 0 Å². The number of likely N-dealkylation sites (tertiary alicyclic amines) is 1. The van der Waals surface area contributed by atoms with Crippen LogP contribution in [0.5, 0.6) is 0 Å². The molecule has 1 aliphatic rings. The van der Waals surface area contributed by atoms with E-state index in [1.807, 2.05) is 30.3 Å². The molecule has 1 aromatic carbocycles. The van der Waals surface area contributed by atoms with Crippen LogP contribution in [-0.4, -0.2) is 24.3 Å². The Morgan fingerprint density at radius 1 is 1.19 bits per heavy atom. The van der Waals surface area contributed by atoms with Gasteiger partial charge in [0.05, 0.1) is 5.69 Å². The summed E-state index contributed by atoms with van der Waals surface area (Å²) in [5, 5.41) is 4.43. The third kappa shape index (κ3) is 3.42. The van der Waals surface area contributed by atoms with Crippen molar-refractivity contribution in [1.29, 1.82) is 0 Å². The van der Waals surface area contributed by atoms with E-state index in [4.69, 9.17) is 0 Å². The number of nitrogens with zero attached hydrogens (tertiary/aromatic N) is 2. The molecule has 0 spiro atoms. The summed E-state index contributed by atoms with van der Waals surface area (Å²) in [4.78, 5) is 2.22. The van der Waals surface area contributed by atoms with Crippen LogP contribution in [0.4, 0.5) is 5.69 Å². The van der Waals surface area contributed by atoms with Crippen LogP contribution in [0.2, 0.25) is 0 Å². The molecular weight excluding hydrogens is 222 g/mol. The number of nitrogens with one attached hydrogen (secondary N) is 1. The molecule has 1 heterocycles. The molecule has 0 atom stereocenters. The first kappa shape index (κ1) is 12.8. The summed E-state index contributed by atoms with van der Waals surface area (Å²) >= 11 is 0. The molecule has 1 N–H and O–H groups in total. The number of halogens is 1. The lowest BCUT2D eigenvalue weighted by molar-refractivity contribution is 0.433. The van der Waals surface area contributed by atoms with Crippen molar-refractivity contribution in [2.24, 2.45) is 5.10 Å². The summed E-state index contributed by atoms with van der Waals surface area (Å²) < 4.78 is 0. The van der Waals surface area contributed by atoms with Crippen molar-refractivity contribution in [3.63, 3.8) is 0 Å². The number of piperidine rings is 1. The summed E-state index contributed by atoms with van der Waals surface area (Å²) in [5.41, 5.74) is 4.14. The fraction of sp³-hybridized carbons (Fsp3) is 0.417. The normalized spacial score (nSPS) is 18.1. The van der Waals surface area contributed by atoms with Gasteiger partial charge in [-0.2, -0.15) is 5.10 Å². The van der Waals surface area contributed by atoms with Crippen LogP contribution in [0.3, 0.4) is 0 Å². The maximum absolute atomic E-state index is 4.43. The van der Waals surface area contributed by atoms with Crippen molar-refractivity contribution in [3.8, 4) is 0 Å². The Morgan fingerprint density at radius 3 is 2.62 bits per heavy atom. The van der Waals surface area contributed by atoms with E-state index >= 15 is 0 Å². The van der Waals surface area contributed by atoms with Gasteiger partial charge in [-0.1, -0.05) is 18.2 Å². The van der Waals surface area contributed by atoms with E-state index in [1.54, 1.807) is 0 Å². The van der Waals surface area contributed by atoms with Gasteiger partial charge in [-0.3, -0.25) is 5.43 Å². The Kier molecular flexibility index (Phi) is 5.12. The number of hydrogen-bond acceptors (Lipinski definition) is 2. The monoisotopic (exact) mass is 239 g/mol. The fourth-order valence-electron chi connectivity index (χ4n) is 1.74. The number of hydrazone groups is 1. The van der Waals surface area contributed by atoms with Gasteiger partial charge in [-0.05, 0) is 25.0 Å². The van der Waals surface area contributed by atoms with E-state index < -0.39 is 0 Å². The zero-order valence-corrected chi connectivity index (χ0v) is 10.3. The Hall–Kier alpha value is -1.22. The molecule has 0 radical (unpaired) electrons. The molecule has 1 aliphatic heterocycles. The van der Waals surface area contributed by atoms with Crippen molar-refractivity contribution in [3.05, 3.63) is 30.3 Å². The van der Waals surface area contributed by atoms with Crippen molar-refractivity contribution >= 4 is 23.9 Å². The van der Waals surface area contributed by atoms with Crippen LogP contribution < -0.4 is 5.43 Å². The summed E-state index contributed by atoms with van der Waals surface area (Å²) in [6.07, 6.45) is 3.61. The molecule has 16 heavy (non-hydrogen) atoms. The molecule has 0 aromatic heterocycles. The Bertz CT molecular complexity index is 337. The van der Waals surface area contributed by atoms with Crippen molar-refractivity contribution in [2.45, 2.75) is 19.3 Å². The number of hydrogen-bond donors (Lipinski definition) is 1. The first-order valence-electron chi connectivity index (χ1n) is 5.45. The minimum atomic E-state index is 0. The van der Waals surface area contributed by atoms with Gasteiger partial charge in [0.25, 0.3) is 0 Å². The maximum Gasteiger partial charge on any atom is 0.124 e. The van der Waals surface area contributed by atoms with Crippen molar-refractivity contribution in [1.82, 2.24) is 4.90 Å². The zero-order valence-electron chi connectivity index (χ0n) is 9.52. The SMILES string of the molecule is CN1CCCCC1=NNc1ccccc1.Cl. The van der Waals surface area contributed by atoms with Gasteiger partial charge in [0.2, 0.25) is 0 Å². The molecule has 88 valence electrons. The third-order valence-electron chi connectivity index (χ3n) is 2.67. The Morgan fingerprint density at radius 2 is 1.94 bits per heavy atom. The van der Waals surface area contributed by atoms with E-state index in [2.05, 4.69) is 22.5 Å². The van der Waals surface area contributed by atoms with Gasteiger partial charge in [0, 0.05) is 20.0 Å². The molecule has 0 bridgehead atoms. The van der Waals surface area contributed by atoms with E-state index in [-0.39, 0.29) is 12.4 Å². The fourth-order valence-corrected chi connectivity index (χ4v) is 1.74. The van der Waals surface area contributed by atoms with Gasteiger partial charge in [0.15, 0.2) is 0 Å². The second kappa shape index (κ2) is 6.38. The lowest BCUT2D eigenvalue weighted by Gasteiger charge is -2.25. The molecule has 0 saturated carbocycles. The van der Waals surface area contributed by atoms with E-state index in [1.165, 1.54) is 12.8 Å². The number of amidine groups is 1. The third-order valence-corrected chi connectivity index (χ3v) is 2.67. The smallest absolute Gasteiger partial charge is 0.124 e. The second-order valence-corrected chi connectivity index (χ2v) is 3.88. The summed E-state index contributed by atoms with van der Waals surface area (Å²) in [5.74, 6) is 1.16. The lowest BCUT2D eigenvalue weighted by atomic mass is 10.1.